The van der Waals surface area contributed by atoms with Gasteiger partial charge in [-0.2, -0.15) is 0 Å². The van der Waals surface area contributed by atoms with Crippen molar-refractivity contribution in [2.45, 2.75) is 26.9 Å². The summed E-state index contributed by atoms with van der Waals surface area (Å²) in [6.07, 6.45) is 3.62. The van der Waals surface area contributed by atoms with Gasteiger partial charge in [0.1, 0.15) is 12.2 Å². The van der Waals surface area contributed by atoms with Crippen LogP contribution in [0, 0.1) is 6.92 Å². The van der Waals surface area contributed by atoms with E-state index in [1.807, 2.05) is 31.2 Å². The number of hydrogen-bond acceptors (Lipinski definition) is 5. The third-order valence-corrected chi connectivity index (χ3v) is 6.95. The van der Waals surface area contributed by atoms with Crippen LogP contribution < -0.4 is 19.7 Å². The Balaban J connectivity index is 1.73. The van der Waals surface area contributed by atoms with Gasteiger partial charge in [0.05, 0.1) is 12.3 Å². The Bertz CT molecular complexity index is 1480. The minimum absolute atomic E-state index is 0.204. The molecule has 1 saturated heterocycles. The summed E-state index contributed by atoms with van der Waals surface area (Å²) in [5.74, 6) is -0.539. The van der Waals surface area contributed by atoms with Gasteiger partial charge in [-0.15, -0.1) is 6.58 Å². The molecule has 0 unspecified atom stereocenters. The number of halogens is 2. The number of ether oxygens (including phenoxy) is 2. The number of barbiturate groups is 1. The van der Waals surface area contributed by atoms with E-state index in [0.29, 0.717) is 53.0 Å². The molecule has 1 N–H and O–H groups in total. The molecule has 3 aromatic carbocycles. The standard InChI is InChI=1S/C30H26BrClN2O5/c1-4-7-21-14-20(16-26(38-5-2)27(21)39-17-19-10-12-22(31)13-11-19)15-23-28(35)33-30(37)34(29(23)36)25-9-6-8-24(32)18(25)3/h4,6,8-16H,1,5,7,17H2,2-3H3,(H,33,35,37)/b23-15+. The average Bonchev–Trinajstić information content (AvgIpc) is 2.90. The van der Waals surface area contributed by atoms with Crippen LogP contribution in [-0.2, 0) is 22.6 Å². The lowest BCUT2D eigenvalue weighted by atomic mass is 10.0. The topological polar surface area (TPSA) is 84.9 Å². The van der Waals surface area contributed by atoms with Crippen LogP contribution in [0.15, 0.2) is 77.3 Å². The Hall–Kier alpha value is -3.88. The first-order valence-electron chi connectivity index (χ1n) is 12.2. The molecule has 0 aromatic heterocycles. The number of carbonyl (C=O) groups excluding carboxylic acids is 3. The molecule has 0 bridgehead atoms. The van der Waals surface area contributed by atoms with Crippen molar-refractivity contribution >= 4 is 57.1 Å². The van der Waals surface area contributed by atoms with E-state index in [2.05, 4.69) is 27.8 Å². The van der Waals surface area contributed by atoms with Gasteiger partial charge in [0, 0.05) is 15.1 Å². The molecular weight excluding hydrogens is 584 g/mol. The SMILES string of the molecule is C=CCc1cc(/C=C2\C(=O)NC(=O)N(c3cccc(Cl)c3C)C2=O)cc(OCC)c1OCc1ccc(Br)cc1. The van der Waals surface area contributed by atoms with Crippen molar-refractivity contribution in [1.29, 1.82) is 0 Å². The second kappa shape index (κ2) is 12.3. The predicted octanol–water partition coefficient (Wildman–Crippen LogP) is 6.78. The number of amides is 4. The van der Waals surface area contributed by atoms with Gasteiger partial charge in [0.15, 0.2) is 11.5 Å². The number of anilines is 1. The van der Waals surface area contributed by atoms with Gasteiger partial charge in [-0.25, -0.2) is 9.69 Å². The van der Waals surface area contributed by atoms with Gasteiger partial charge in [-0.1, -0.05) is 51.8 Å². The van der Waals surface area contributed by atoms with Crippen molar-refractivity contribution in [1.82, 2.24) is 5.32 Å². The highest BCUT2D eigenvalue weighted by atomic mass is 79.9. The minimum atomic E-state index is -0.841. The second-order valence-corrected chi connectivity index (χ2v) is 10.0. The molecule has 4 rings (SSSR count). The van der Waals surface area contributed by atoms with Gasteiger partial charge >= 0.3 is 6.03 Å². The monoisotopic (exact) mass is 608 g/mol. The lowest BCUT2D eigenvalue weighted by molar-refractivity contribution is -0.122. The molecule has 4 amide bonds. The Morgan fingerprint density at radius 3 is 2.51 bits per heavy atom. The van der Waals surface area contributed by atoms with E-state index >= 15 is 0 Å². The van der Waals surface area contributed by atoms with E-state index in [9.17, 15) is 14.4 Å². The highest BCUT2D eigenvalue weighted by molar-refractivity contribution is 9.10. The maximum absolute atomic E-state index is 13.4. The summed E-state index contributed by atoms with van der Waals surface area (Å²) in [7, 11) is 0. The maximum atomic E-state index is 13.4. The molecular formula is C30H26BrClN2O5. The number of rotatable bonds is 9. The summed E-state index contributed by atoms with van der Waals surface area (Å²) in [5.41, 5.74) is 2.90. The van der Waals surface area contributed by atoms with Gasteiger partial charge < -0.3 is 9.47 Å². The fraction of sp³-hybridized carbons (Fsp3) is 0.167. The third kappa shape index (κ3) is 6.24. The van der Waals surface area contributed by atoms with Crippen molar-refractivity contribution in [3.63, 3.8) is 0 Å². The molecule has 0 saturated carbocycles. The number of allylic oxidation sites excluding steroid dienone is 1. The van der Waals surface area contributed by atoms with Crippen molar-refractivity contribution in [2.75, 3.05) is 11.5 Å². The van der Waals surface area contributed by atoms with Crippen LogP contribution in [0.2, 0.25) is 5.02 Å². The number of nitrogens with zero attached hydrogens (tertiary/aromatic N) is 1. The zero-order valence-corrected chi connectivity index (χ0v) is 23.8. The fourth-order valence-electron chi connectivity index (χ4n) is 4.12. The first-order chi connectivity index (χ1) is 18.7. The lowest BCUT2D eigenvalue weighted by Crippen LogP contribution is -2.54. The van der Waals surface area contributed by atoms with E-state index in [0.717, 1.165) is 20.5 Å². The Morgan fingerprint density at radius 2 is 1.82 bits per heavy atom. The summed E-state index contributed by atoms with van der Waals surface area (Å²) in [5, 5.41) is 2.64. The molecule has 0 atom stereocenters. The van der Waals surface area contributed by atoms with Crippen LogP contribution in [0.3, 0.4) is 0 Å². The molecule has 1 aliphatic heterocycles. The first-order valence-corrected chi connectivity index (χ1v) is 13.3. The van der Waals surface area contributed by atoms with Crippen LogP contribution in [0.5, 0.6) is 11.5 Å². The van der Waals surface area contributed by atoms with Crippen molar-refractivity contribution < 1.29 is 23.9 Å². The second-order valence-electron chi connectivity index (χ2n) is 8.69. The smallest absolute Gasteiger partial charge is 0.335 e. The Kier molecular flexibility index (Phi) is 8.89. The van der Waals surface area contributed by atoms with Crippen LogP contribution in [-0.4, -0.2) is 24.5 Å². The maximum Gasteiger partial charge on any atom is 0.335 e. The van der Waals surface area contributed by atoms with E-state index in [4.69, 9.17) is 21.1 Å². The third-order valence-electron chi connectivity index (χ3n) is 6.01. The molecule has 0 spiro atoms. The molecule has 0 aliphatic carbocycles. The number of carbonyl (C=O) groups is 3. The number of benzene rings is 3. The summed E-state index contributed by atoms with van der Waals surface area (Å²) >= 11 is 9.65. The zero-order chi connectivity index (χ0) is 28.1. The lowest BCUT2D eigenvalue weighted by Gasteiger charge is -2.27. The molecule has 200 valence electrons. The summed E-state index contributed by atoms with van der Waals surface area (Å²) in [6.45, 7) is 8.08. The molecule has 7 nitrogen and oxygen atoms in total. The van der Waals surface area contributed by atoms with Crippen LogP contribution in [0.1, 0.15) is 29.2 Å². The minimum Gasteiger partial charge on any atom is -0.490 e. The van der Waals surface area contributed by atoms with Gasteiger partial charge in [0.2, 0.25) is 0 Å². The molecule has 39 heavy (non-hydrogen) atoms. The van der Waals surface area contributed by atoms with E-state index in [1.165, 1.54) is 6.08 Å². The fourth-order valence-corrected chi connectivity index (χ4v) is 4.55. The number of imide groups is 2. The van der Waals surface area contributed by atoms with Crippen molar-refractivity contribution in [3.05, 3.63) is 105 Å². The van der Waals surface area contributed by atoms with Crippen molar-refractivity contribution in [3.8, 4) is 11.5 Å². The quantitative estimate of drug-likeness (QED) is 0.164. The summed E-state index contributed by atoms with van der Waals surface area (Å²) in [6, 6.07) is 15.3. The number of nitrogens with one attached hydrogen (secondary N) is 1. The molecule has 1 fully saturated rings. The molecule has 1 aliphatic rings. The Morgan fingerprint density at radius 1 is 1.08 bits per heavy atom. The Labute approximate surface area is 240 Å². The average molecular weight is 610 g/mol. The summed E-state index contributed by atoms with van der Waals surface area (Å²) in [4.78, 5) is 39.8. The molecule has 1 heterocycles. The van der Waals surface area contributed by atoms with Gasteiger partial charge in [-0.3, -0.25) is 14.9 Å². The number of urea groups is 1. The molecule has 0 radical (unpaired) electrons. The van der Waals surface area contributed by atoms with Crippen LogP contribution >= 0.6 is 27.5 Å². The molecule has 3 aromatic rings. The van der Waals surface area contributed by atoms with Crippen LogP contribution in [0.4, 0.5) is 10.5 Å². The van der Waals surface area contributed by atoms with Gasteiger partial charge in [-0.05, 0) is 79.4 Å². The van der Waals surface area contributed by atoms with E-state index in [-0.39, 0.29) is 5.57 Å². The van der Waals surface area contributed by atoms with E-state index < -0.39 is 17.8 Å². The van der Waals surface area contributed by atoms with Crippen LogP contribution in [0.25, 0.3) is 6.08 Å². The predicted molar refractivity (Wildman–Crippen MR) is 155 cm³/mol. The normalized spacial score (nSPS) is 14.4. The van der Waals surface area contributed by atoms with Crippen molar-refractivity contribution in [2.24, 2.45) is 0 Å². The largest absolute Gasteiger partial charge is 0.490 e. The zero-order valence-electron chi connectivity index (χ0n) is 21.4. The number of hydrogen-bond donors (Lipinski definition) is 1. The van der Waals surface area contributed by atoms with E-state index in [1.54, 1.807) is 43.3 Å². The van der Waals surface area contributed by atoms with Gasteiger partial charge in [0.25, 0.3) is 11.8 Å². The highest BCUT2D eigenvalue weighted by Crippen LogP contribution is 2.36. The molecule has 9 heteroatoms. The summed E-state index contributed by atoms with van der Waals surface area (Å²) < 4.78 is 13.0. The highest BCUT2D eigenvalue weighted by Gasteiger charge is 2.37. The first kappa shape index (κ1) is 28.1.